The number of para-hydroxylation sites is 1. The largest absolute Gasteiger partial charge is 0.493 e. The van der Waals surface area contributed by atoms with Gasteiger partial charge in [-0.2, -0.15) is 5.10 Å². The molecule has 2 aliphatic heterocycles. The Morgan fingerprint density at radius 3 is 2.62 bits per heavy atom. The molecule has 0 radical (unpaired) electrons. The molecule has 5 rings (SSSR count). The van der Waals surface area contributed by atoms with Gasteiger partial charge in [0, 0.05) is 22.0 Å². The molecule has 29 heavy (non-hydrogen) atoms. The summed E-state index contributed by atoms with van der Waals surface area (Å²) in [5.74, 6) is 2.22. The van der Waals surface area contributed by atoms with E-state index >= 15 is 0 Å². The van der Waals surface area contributed by atoms with Crippen molar-refractivity contribution in [2.24, 2.45) is 5.10 Å². The summed E-state index contributed by atoms with van der Waals surface area (Å²) >= 11 is 5.40. The SMILES string of the molecule is COc1cc(Br)c([C@H]2Oc3ccccc3[C@@H]3CC(c4cccs4)=NN23)cc1OC. The van der Waals surface area contributed by atoms with Crippen molar-refractivity contribution >= 4 is 33.0 Å². The number of methoxy groups -OCH3 is 2. The lowest BCUT2D eigenvalue weighted by Gasteiger charge is -2.38. The molecule has 3 heterocycles. The number of rotatable bonds is 4. The number of fused-ring (bicyclic) bond motifs is 3. The van der Waals surface area contributed by atoms with Crippen molar-refractivity contribution in [2.75, 3.05) is 14.2 Å². The third kappa shape index (κ3) is 3.09. The molecule has 0 spiro atoms. The highest BCUT2D eigenvalue weighted by Gasteiger charge is 2.42. The second kappa shape index (κ2) is 7.39. The highest BCUT2D eigenvalue weighted by atomic mass is 79.9. The maximum atomic E-state index is 6.45. The molecule has 0 N–H and O–H groups in total. The molecule has 0 aliphatic carbocycles. The van der Waals surface area contributed by atoms with Crippen LogP contribution >= 0.6 is 27.3 Å². The van der Waals surface area contributed by atoms with Crippen LogP contribution in [0.2, 0.25) is 0 Å². The predicted molar refractivity (Wildman–Crippen MR) is 117 cm³/mol. The Kier molecular flexibility index (Phi) is 4.72. The van der Waals surface area contributed by atoms with Crippen LogP contribution in [0.25, 0.3) is 0 Å². The van der Waals surface area contributed by atoms with Gasteiger partial charge in [0.1, 0.15) is 5.75 Å². The third-order valence-electron chi connectivity index (χ3n) is 5.27. The fourth-order valence-corrected chi connectivity index (χ4v) is 5.13. The van der Waals surface area contributed by atoms with E-state index in [2.05, 4.69) is 50.6 Å². The van der Waals surface area contributed by atoms with Gasteiger partial charge in [0.05, 0.1) is 30.9 Å². The van der Waals surface area contributed by atoms with E-state index in [1.165, 1.54) is 4.88 Å². The summed E-state index contributed by atoms with van der Waals surface area (Å²) < 4.78 is 18.3. The Hall–Kier alpha value is -2.51. The number of benzene rings is 2. The zero-order valence-electron chi connectivity index (χ0n) is 16.0. The molecule has 0 saturated heterocycles. The van der Waals surface area contributed by atoms with Gasteiger partial charge in [-0.1, -0.05) is 40.2 Å². The van der Waals surface area contributed by atoms with E-state index in [4.69, 9.17) is 19.3 Å². The van der Waals surface area contributed by atoms with Crippen LogP contribution in [0.1, 0.15) is 34.7 Å². The van der Waals surface area contributed by atoms with E-state index in [0.717, 1.165) is 33.5 Å². The molecule has 148 valence electrons. The second-order valence-electron chi connectivity index (χ2n) is 6.86. The lowest BCUT2D eigenvalue weighted by Crippen LogP contribution is -2.33. The molecule has 0 fully saturated rings. The summed E-state index contributed by atoms with van der Waals surface area (Å²) in [7, 11) is 3.27. The fraction of sp³-hybridized carbons (Fsp3) is 0.227. The van der Waals surface area contributed by atoms with E-state index in [9.17, 15) is 0 Å². The zero-order chi connectivity index (χ0) is 20.0. The first-order chi connectivity index (χ1) is 14.2. The Morgan fingerprint density at radius 1 is 1.07 bits per heavy atom. The van der Waals surface area contributed by atoms with Crippen molar-refractivity contribution in [3.63, 3.8) is 0 Å². The van der Waals surface area contributed by atoms with Gasteiger partial charge < -0.3 is 14.2 Å². The van der Waals surface area contributed by atoms with Crippen molar-refractivity contribution < 1.29 is 14.2 Å². The van der Waals surface area contributed by atoms with Crippen molar-refractivity contribution in [1.82, 2.24) is 5.01 Å². The van der Waals surface area contributed by atoms with E-state index in [1.807, 2.05) is 24.3 Å². The summed E-state index contributed by atoms with van der Waals surface area (Å²) in [5, 5.41) is 9.15. The van der Waals surface area contributed by atoms with Gasteiger partial charge in [-0.3, -0.25) is 0 Å². The summed E-state index contributed by atoms with van der Waals surface area (Å²) in [6.07, 6.45) is 0.476. The summed E-state index contributed by atoms with van der Waals surface area (Å²) in [4.78, 5) is 1.20. The topological polar surface area (TPSA) is 43.3 Å². The molecule has 5 nitrogen and oxygen atoms in total. The molecule has 2 aromatic carbocycles. The lowest BCUT2D eigenvalue weighted by molar-refractivity contribution is -0.0196. The van der Waals surface area contributed by atoms with Gasteiger partial charge in [-0.25, -0.2) is 5.01 Å². The molecular formula is C22H19BrN2O3S. The number of hydrogen-bond donors (Lipinski definition) is 0. The van der Waals surface area contributed by atoms with Crippen molar-refractivity contribution in [3.8, 4) is 17.2 Å². The predicted octanol–water partition coefficient (Wildman–Crippen LogP) is 5.77. The highest BCUT2D eigenvalue weighted by molar-refractivity contribution is 9.10. The Bertz CT molecular complexity index is 1080. The molecule has 0 amide bonds. The van der Waals surface area contributed by atoms with Crippen LogP contribution < -0.4 is 14.2 Å². The molecule has 0 unspecified atom stereocenters. The summed E-state index contributed by atoms with van der Waals surface area (Å²) in [6, 6.07) is 16.4. The maximum absolute atomic E-state index is 6.45. The van der Waals surface area contributed by atoms with Crippen LogP contribution in [-0.4, -0.2) is 24.9 Å². The molecule has 1 aromatic heterocycles. The Morgan fingerprint density at radius 2 is 1.86 bits per heavy atom. The number of hydrogen-bond acceptors (Lipinski definition) is 6. The molecule has 2 aliphatic rings. The van der Waals surface area contributed by atoms with E-state index in [1.54, 1.807) is 25.6 Å². The van der Waals surface area contributed by atoms with Gasteiger partial charge in [0.2, 0.25) is 6.23 Å². The minimum Gasteiger partial charge on any atom is -0.493 e. The monoisotopic (exact) mass is 470 g/mol. The van der Waals surface area contributed by atoms with Gasteiger partial charge in [-0.15, -0.1) is 11.3 Å². The zero-order valence-corrected chi connectivity index (χ0v) is 18.4. The van der Waals surface area contributed by atoms with Crippen LogP contribution in [0.5, 0.6) is 17.2 Å². The van der Waals surface area contributed by atoms with Gasteiger partial charge in [0.15, 0.2) is 11.5 Å². The summed E-state index contributed by atoms with van der Waals surface area (Å²) in [6.45, 7) is 0. The van der Waals surface area contributed by atoms with Crippen LogP contribution in [0.3, 0.4) is 0 Å². The number of ether oxygens (including phenoxy) is 3. The minimum atomic E-state index is -0.374. The normalized spacial score (nSPS) is 19.8. The van der Waals surface area contributed by atoms with Crippen LogP contribution in [0.4, 0.5) is 0 Å². The van der Waals surface area contributed by atoms with E-state index in [0.29, 0.717) is 11.5 Å². The van der Waals surface area contributed by atoms with Gasteiger partial charge >= 0.3 is 0 Å². The number of halogens is 1. The van der Waals surface area contributed by atoms with E-state index in [-0.39, 0.29) is 12.3 Å². The third-order valence-corrected chi connectivity index (χ3v) is 6.88. The molecule has 7 heteroatoms. The molecule has 3 aromatic rings. The minimum absolute atomic E-state index is 0.127. The lowest BCUT2D eigenvalue weighted by atomic mass is 9.97. The first-order valence-corrected chi connectivity index (χ1v) is 10.9. The molecule has 0 bridgehead atoms. The maximum Gasteiger partial charge on any atom is 0.215 e. The standard InChI is InChI=1S/C22H19BrN2O3S/c1-26-19-10-14(15(23)11-20(19)27-2)22-25-17(13-6-3-4-7-18(13)28-22)12-16(24-25)21-8-5-9-29-21/h3-11,17,22H,12H2,1-2H3/t17-,22+/m0/s1. The first-order valence-electron chi connectivity index (χ1n) is 9.26. The number of hydrazone groups is 1. The van der Waals surface area contributed by atoms with E-state index < -0.39 is 0 Å². The average Bonchev–Trinajstić information content (AvgIpc) is 3.43. The van der Waals surface area contributed by atoms with Crippen molar-refractivity contribution in [3.05, 3.63) is 74.4 Å². The highest BCUT2D eigenvalue weighted by Crippen LogP contribution is 2.49. The van der Waals surface area contributed by atoms with Gasteiger partial charge in [-0.05, 0) is 29.6 Å². The first kappa shape index (κ1) is 18.5. The second-order valence-corrected chi connectivity index (χ2v) is 8.66. The average molecular weight is 471 g/mol. The Balaban J connectivity index is 1.63. The quantitative estimate of drug-likeness (QED) is 0.485. The molecular weight excluding hydrogens is 452 g/mol. The van der Waals surface area contributed by atoms with Crippen molar-refractivity contribution in [2.45, 2.75) is 18.7 Å². The van der Waals surface area contributed by atoms with Crippen LogP contribution in [0.15, 0.2) is 63.5 Å². The van der Waals surface area contributed by atoms with Crippen molar-refractivity contribution in [1.29, 1.82) is 0 Å². The fourth-order valence-electron chi connectivity index (χ4n) is 3.89. The van der Waals surface area contributed by atoms with Gasteiger partial charge in [0.25, 0.3) is 0 Å². The molecule has 0 saturated carbocycles. The molecule has 2 atom stereocenters. The summed E-state index contributed by atoms with van der Waals surface area (Å²) in [5.41, 5.74) is 3.20. The smallest absolute Gasteiger partial charge is 0.215 e. The van der Waals surface area contributed by atoms with Crippen LogP contribution in [0, 0.1) is 0 Å². The number of nitrogens with zero attached hydrogens (tertiary/aromatic N) is 2. The Labute approximate surface area is 181 Å². The number of thiophene rings is 1. The van der Waals surface area contributed by atoms with Crippen LogP contribution in [-0.2, 0) is 0 Å².